The van der Waals surface area contributed by atoms with Crippen molar-refractivity contribution in [3.05, 3.63) is 0 Å². The molecule has 7 N–H and O–H groups in total. The van der Waals surface area contributed by atoms with Crippen LogP contribution in [0.15, 0.2) is 0 Å². The van der Waals surface area contributed by atoms with E-state index < -0.39 is 16.5 Å². The molecule has 0 aliphatic rings. The zero-order chi connectivity index (χ0) is 26.1. The Morgan fingerprint density at radius 3 is 1.60 bits per heavy atom. The van der Waals surface area contributed by atoms with Gasteiger partial charge < -0.3 is 35.2 Å². The summed E-state index contributed by atoms with van der Waals surface area (Å²) in [6, 6.07) is 0. The second-order valence-corrected chi connectivity index (χ2v) is 10.2. The predicted molar refractivity (Wildman–Crippen MR) is 140 cm³/mol. The average Bonchev–Trinajstić information content (AvgIpc) is 2.73. The first-order valence-electron chi connectivity index (χ1n) is 13.0. The van der Waals surface area contributed by atoms with Crippen LogP contribution in [-0.4, -0.2) is 98.6 Å². The van der Waals surface area contributed by atoms with Crippen LogP contribution >= 0.6 is 0 Å². The molecule has 0 aliphatic carbocycles. The summed E-state index contributed by atoms with van der Waals surface area (Å²) < 4.78 is 38.1. The number of rotatable bonds is 23. The Bertz CT molecular complexity index is 518. The predicted octanol–water partition coefficient (Wildman–Crippen LogP) is 3.36. The summed E-state index contributed by atoms with van der Waals surface area (Å²) in [4.78, 5) is 0. The fraction of sp³-hybridized carbons (Fsp3) is 1.00. The number of nitrogens with zero attached hydrogens (tertiary/aromatic N) is 1. The lowest BCUT2D eigenvalue weighted by Crippen LogP contribution is -2.52. The fourth-order valence-electron chi connectivity index (χ4n) is 3.75. The van der Waals surface area contributed by atoms with E-state index in [-0.39, 0.29) is 26.0 Å². The lowest BCUT2D eigenvalue weighted by Gasteiger charge is -2.35. The van der Waals surface area contributed by atoms with E-state index in [0.717, 1.165) is 6.42 Å². The number of hydrogen-bond donors (Lipinski definition) is 4. The van der Waals surface area contributed by atoms with Gasteiger partial charge in [0, 0.05) is 6.61 Å². The van der Waals surface area contributed by atoms with E-state index in [4.69, 9.17) is 14.9 Å². The molecule has 0 spiro atoms. The Hall–Kier alpha value is -0.370. The maximum atomic E-state index is 10.1. The molecule has 1 atom stereocenters. The van der Waals surface area contributed by atoms with Crippen LogP contribution in [0, 0.1) is 0 Å². The van der Waals surface area contributed by atoms with Crippen molar-refractivity contribution in [2.45, 2.75) is 97.0 Å². The van der Waals surface area contributed by atoms with Crippen LogP contribution in [0.25, 0.3) is 0 Å². The Labute approximate surface area is 215 Å². The van der Waals surface area contributed by atoms with Crippen LogP contribution in [0.2, 0.25) is 0 Å². The second kappa shape index (κ2) is 26.7. The Morgan fingerprint density at radius 2 is 1.26 bits per heavy atom. The monoisotopic (exact) mass is 533 g/mol. The number of likely N-dealkylation sites (N-methyl/N-ethyl adjacent to an activating group) is 1. The lowest BCUT2D eigenvalue weighted by molar-refractivity contribution is -0.913. The number of unbranched alkanes of at least 4 members (excludes halogenated alkanes) is 11. The van der Waals surface area contributed by atoms with Gasteiger partial charge >= 0.3 is 0 Å². The van der Waals surface area contributed by atoms with E-state index in [9.17, 15) is 18.1 Å². The van der Waals surface area contributed by atoms with Crippen molar-refractivity contribution in [1.29, 1.82) is 0 Å². The third-order valence-electron chi connectivity index (χ3n) is 5.65. The normalized spacial score (nSPS) is 12.5. The summed E-state index contributed by atoms with van der Waals surface area (Å²) in [7, 11) is -2.48. The maximum absolute atomic E-state index is 10.1. The highest BCUT2D eigenvalue weighted by molar-refractivity contribution is 7.80. The summed E-state index contributed by atoms with van der Waals surface area (Å²) in [6.45, 7) is 6.33. The van der Waals surface area contributed by atoms with Crippen molar-refractivity contribution in [1.82, 2.24) is 6.15 Å². The highest BCUT2D eigenvalue weighted by atomic mass is 32.3. The molecule has 0 radical (unpaired) electrons. The molecule has 0 aliphatic heterocycles. The number of aliphatic hydroxyl groups is 3. The summed E-state index contributed by atoms with van der Waals surface area (Å²) in [6.07, 6.45) is 15.4. The highest BCUT2D eigenvalue weighted by Crippen LogP contribution is 2.12. The number of quaternary nitrogens is 2. The highest BCUT2D eigenvalue weighted by Gasteiger charge is 2.24. The Kier molecular flexibility index (Phi) is 29.8. The molecule has 35 heavy (non-hydrogen) atoms. The zero-order valence-corrected chi connectivity index (χ0v) is 23.8. The minimum absolute atomic E-state index is 0. The van der Waals surface area contributed by atoms with Gasteiger partial charge in [-0.05, 0) is 13.3 Å². The third-order valence-corrected chi connectivity index (χ3v) is 6.17. The third kappa shape index (κ3) is 31.6. The van der Waals surface area contributed by atoms with Gasteiger partial charge in [0.1, 0.15) is 25.7 Å². The van der Waals surface area contributed by atoms with Crippen LogP contribution in [0.5, 0.6) is 0 Å². The van der Waals surface area contributed by atoms with Gasteiger partial charge in [-0.2, -0.15) is 0 Å². The summed E-state index contributed by atoms with van der Waals surface area (Å²) in [5.74, 6) is 0. The van der Waals surface area contributed by atoms with Crippen molar-refractivity contribution < 1.29 is 41.7 Å². The molecule has 0 saturated heterocycles. The van der Waals surface area contributed by atoms with Gasteiger partial charge in [0.2, 0.25) is 10.4 Å². The molecular formula is C24H57N2O8S+. The van der Waals surface area contributed by atoms with E-state index >= 15 is 0 Å². The molecule has 216 valence electrons. The summed E-state index contributed by atoms with van der Waals surface area (Å²) in [5.41, 5.74) is 0. The molecule has 0 aromatic heterocycles. The van der Waals surface area contributed by atoms with Crippen LogP contribution in [0.3, 0.4) is 0 Å². The second-order valence-electron chi connectivity index (χ2n) is 9.13. The van der Waals surface area contributed by atoms with Gasteiger partial charge in [-0.1, -0.05) is 77.6 Å². The van der Waals surface area contributed by atoms with Gasteiger partial charge in [0.05, 0.1) is 33.5 Å². The van der Waals surface area contributed by atoms with Crippen molar-refractivity contribution in [3.63, 3.8) is 0 Å². The fourth-order valence-corrected chi connectivity index (χ4v) is 4.04. The van der Waals surface area contributed by atoms with E-state index in [1.54, 1.807) is 0 Å². The smallest absolute Gasteiger partial charge is 0.217 e. The van der Waals surface area contributed by atoms with Crippen molar-refractivity contribution in [2.75, 3.05) is 59.7 Å². The van der Waals surface area contributed by atoms with Crippen LogP contribution in [0.1, 0.15) is 90.9 Å². The standard InChI is InChI=1S/C22H48NO4.C2H6O4S.H3N/c1-3-4-5-6-7-8-9-10-11-12-13-14-19-27-21-22(26)20-23(2,15-17-24)16-18-25;1-2-6-7(3,4)5;/h22,24-26H,3-21H2,1-2H3;2H2,1H3,(H,3,4,5);1H3/q+1;;. The number of hydrogen-bond acceptors (Lipinski definition) is 8. The van der Waals surface area contributed by atoms with E-state index in [2.05, 4.69) is 11.1 Å². The lowest BCUT2D eigenvalue weighted by atomic mass is 10.1. The molecule has 0 saturated carbocycles. The molecule has 0 heterocycles. The van der Waals surface area contributed by atoms with Gasteiger partial charge in [-0.15, -0.1) is 0 Å². The molecule has 11 heteroatoms. The molecule has 0 fully saturated rings. The van der Waals surface area contributed by atoms with Crippen molar-refractivity contribution in [2.24, 2.45) is 0 Å². The van der Waals surface area contributed by atoms with E-state index in [1.807, 2.05) is 7.05 Å². The molecule has 1 unspecified atom stereocenters. The van der Waals surface area contributed by atoms with Crippen molar-refractivity contribution in [3.8, 4) is 0 Å². The zero-order valence-electron chi connectivity index (χ0n) is 23.0. The van der Waals surface area contributed by atoms with Crippen molar-refractivity contribution >= 4 is 10.4 Å². The molecule has 0 aromatic carbocycles. The SMILES string of the molecule is CCCCCCCCCCCCCCOCC(O)C[N+](C)(CCO)CCO.CCOS(=O)(=O)[O-].[NH4+]. The minimum Gasteiger partial charge on any atom is -0.726 e. The van der Waals surface area contributed by atoms with Crippen LogP contribution in [-0.2, 0) is 19.3 Å². The summed E-state index contributed by atoms with van der Waals surface area (Å²) >= 11 is 0. The van der Waals surface area contributed by atoms with Gasteiger partial charge in [-0.3, -0.25) is 4.18 Å². The Morgan fingerprint density at radius 1 is 0.829 bits per heavy atom. The molecule has 0 bridgehead atoms. The van der Waals surface area contributed by atoms with Gasteiger partial charge in [0.15, 0.2) is 0 Å². The molecule has 10 nitrogen and oxygen atoms in total. The Balaban J connectivity index is -0.00000111. The molecule has 0 rings (SSSR count). The van der Waals surface area contributed by atoms with Gasteiger partial charge in [-0.25, -0.2) is 8.42 Å². The first-order valence-corrected chi connectivity index (χ1v) is 14.4. The largest absolute Gasteiger partial charge is 0.726 e. The van der Waals surface area contributed by atoms with Crippen LogP contribution in [0.4, 0.5) is 0 Å². The van der Waals surface area contributed by atoms with E-state index in [0.29, 0.717) is 37.3 Å². The number of aliphatic hydroxyl groups excluding tert-OH is 3. The first-order chi connectivity index (χ1) is 16.1. The minimum atomic E-state index is -4.42. The topological polar surface area (TPSA) is 173 Å². The average molecular weight is 534 g/mol. The molecular weight excluding hydrogens is 476 g/mol. The summed E-state index contributed by atoms with van der Waals surface area (Å²) in [5, 5.41) is 28.4. The number of ether oxygens (including phenoxy) is 1. The maximum Gasteiger partial charge on any atom is 0.217 e. The quantitative estimate of drug-likeness (QED) is 0.0669. The molecule has 0 aromatic rings. The van der Waals surface area contributed by atoms with E-state index in [1.165, 1.54) is 77.6 Å². The first kappa shape index (κ1) is 39.1. The van der Waals surface area contributed by atoms with Gasteiger partial charge in [0.25, 0.3) is 0 Å². The molecule has 0 amide bonds. The van der Waals surface area contributed by atoms with Crippen LogP contribution < -0.4 is 6.15 Å².